The van der Waals surface area contributed by atoms with E-state index in [1.54, 1.807) is 4.31 Å². The first-order chi connectivity index (χ1) is 11.0. The fraction of sp³-hybridized carbons (Fsp3) is 0.588. The molecule has 1 N–H and O–H groups in total. The highest BCUT2D eigenvalue weighted by Crippen LogP contribution is 2.38. The summed E-state index contributed by atoms with van der Waals surface area (Å²) < 4.78 is 27.6. The number of benzene rings is 1. The van der Waals surface area contributed by atoms with Gasteiger partial charge in [0.2, 0.25) is 15.9 Å². The van der Waals surface area contributed by atoms with Crippen molar-refractivity contribution >= 4 is 15.9 Å². The fourth-order valence-electron chi connectivity index (χ4n) is 4.12. The van der Waals surface area contributed by atoms with Crippen LogP contribution in [0.25, 0.3) is 0 Å². The minimum Gasteiger partial charge on any atom is -0.349 e. The lowest BCUT2D eigenvalue weighted by Gasteiger charge is -2.47. The number of sulfonamides is 1. The quantitative estimate of drug-likeness (QED) is 0.915. The van der Waals surface area contributed by atoms with Crippen LogP contribution in [0.2, 0.25) is 0 Å². The minimum absolute atomic E-state index is 0.0222. The summed E-state index contributed by atoms with van der Waals surface area (Å²) in [5.74, 6) is 0.0692. The van der Waals surface area contributed by atoms with E-state index in [-0.39, 0.29) is 23.2 Å². The smallest absolute Gasteiger partial charge is 0.220 e. The Labute approximate surface area is 138 Å². The van der Waals surface area contributed by atoms with Crippen molar-refractivity contribution in [3.8, 4) is 0 Å². The molecule has 2 atom stereocenters. The summed E-state index contributed by atoms with van der Waals surface area (Å²) in [6.07, 6.45) is 3.62. The van der Waals surface area contributed by atoms with Gasteiger partial charge in [-0.1, -0.05) is 37.3 Å². The predicted molar refractivity (Wildman–Crippen MR) is 89.2 cm³/mol. The molecule has 2 saturated heterocycles. The largest absolute Gasteiger partial charge is 0.349 e. The molecule has 6 heteroatoms. The third kappa shape index (κ3) is 3.15. The number of nitrogens with one attached hydrogen (secondary N) is 1. The molecule has 1 spiro atoms. The first-order valence-corrected chi connectivity index (χ1v) is 9.92. The van der Waals surface area contributed by atoms with Gasteiger partial charge < -0.3 is 5.32 Å². The first kappa shape index (κ1) is 16.5. The van der Waals surface area contributed by atoms with Gasteiger partial charge in [0, 0.05) is 19.0 Å². The van der Waals surface area contributed by atoms with Crippen molar-refractivity contribution in [3.63, 3.8) is 0 Å². The van der Waals surface area contributed by atoms with Crippen LogP contribution in [0.4, 0.5) is 0 Å². The molecule has 0 radical (unpaired) electrons. The molecule has 5 nitrogen and oxygen atoms in total. The van der Waals surface area contributed by atoms with Crippen molar-refractivity contribution in [2.75, 3.05) is 6.54 Å². The highest BCUT2D eigenvalue weighted by Gasteiger charge is 2.50. The Morgan fingerprint density at radius 1 is 1.26 bits per heavy atom. The number of nitrogens with zero attached hydrogens (tertiary/aromatic N) is 1. The molecule has 126 valence electrons. The average Bonchev–Trinajstić information content (AvgIpc) is 2.89. The maximum atomic E-state index is 13.0. The SMILES string of the molecule is CC[C@@H]1N(S(=O)(=O)Cc2ccccc2)CCC[C@@]12CCC(=O)N2. The Morgan fingerprint density at radius 3 is 2.61 bits per heavy atom. The predicted octanol–water partition coefficient (Wildman–Crippen LogP) is 2.04. The Morgan fingerprint density at radius 2 is 2.00 bits per heavy atom. The van der Waals surface area contributed by atoms with Crippen LogP contribution < -0.4 is 5.32 Å². The number of piperidine rings is 1. The van der Waals surface area contributed by atoms with Gasteiger partial charge >= 0.3 is 0 Å². The summed E-state index contributed by atoms with van der Waals surface area (Å²) in [4.78, 5) is 11.7. The summed E-state index contributed by atoms with van der Waals surface area (Å²) in [5, 5.41) is 3.09. The van der Waals surface area contributed by atoms with Crippen molar-refractivity contribution in [2.45, 2.75) is 56.4 Å². The molecule has 0 saturated carbocycles. The average molecular weight is 336 g/mol. The minimum atomic E-state index is -3.40. The van der Waals surface area contributed by atoms with Crippen LogP contribution in [-0.2, 0) is 20.6 Å². The molecule has 2 aliphatic heterocycles. The summed E-state index contributed by atoms with van der Waals surface area (Å²) >= 11 is 0. The Hall–Kier alpha value is -1.40. The molecule has 3 rings (SSSR count). The second-order valence-corrected chi connectivity index (χ2v) is 8.51. The molecular weight excluding hydrogens is 312 g/mol. The second-order valence-electron chi connectivity index (χ2n) is 6.58. The Kier molecular flexibility index (Phi) is 4.47. The van der Waals surface area contributed by atoms with Crippen molar-refractivity contribution < 1.29 is 13.2 Å². The van der Waals surface area contributed by atoms with E-state index in [0.717, 1.165) is 24.8 Å². The van der Waals surface area contributed by atoms with Gasteiger partial charge in [0.1, 0.15) is 0 Å². The molecule has 1 amide bonds. The molecule has 0 aromatic heterocycles. The van der Waals surface area contributed by atoms with Crippen LogP contribution in [0.15, 0.2) is 30.3 Å². The number of carbonyl (C=O) groups is 1. The summed E-state index contributed by atoms with van der Waals surface area (Å²) in [6, 6.07) is 9.14. The molecular formula is C17H24N2O3S. The van der Waals surface area contributed by atoms with Gasteiger partial charge in [0.15, 0.2) is 0 Å². The zero-order valence-corrected chi connectivity index (χ0v) is 14.3. The van der Waals surface area contributed by atoms with E-state index in [2.05, 4.69) is 5.32 Å². The fourth-order valence-corrected chi connectivity index (χ4v) is 6.05. The first-order valence-electron chi connectivity index (χ1n) is 8.31. The van der Waals surface area contributed by atoms with Crippen molar-refractivity contribution in [3.05, 3.63) is 35.9 Å². The highest BCUT2D eigenvalue weighted by molar-refractivity contribution is 7.88. The number of rotatable bonds is 4. The van der Waals surface area contributed by atoms with Crippen molar-refractivity contribution in [1.29, 1.82) is 0 Å². The van der Waals surface area contributed by atoms with E-state index >= 15 is 0 Å². The lowest BCUT2D eigenvalue weighted by molar-refractivity contribution is -0.120. The van der Waals surface area contributed by atoms with E-state index in [1.165, 1.54) is 0 Å². The maximum Gasteiger partial charge on any atom is 0.220 e. The van der Waals surface area contributed by atoms with Gasteiger partial charge in [-0.3, -0.25) is 4.79 Å². The third-order valence-electron chi connectivity index (χ3n) is 5.11. The molecule has 2 heterocycles. The topological polar surface area (TPSA) is 66.5 Å². The van der Waals surface area contributed by atoms with Crippen LogP contribution >= 0.6 is 0 Å². The van der Waals surface area contributed by atoms with Crippen LogP contribution in [0, 0.1) is 0 Å². The summed E-state index contributed by atoms with van der Waals surface area (Å²) in [6.45, 7) is 2.55. The molecule has 1 aromatic rings. The highest BCUT2D eigenvalue weighted by atomic mass is 32.2. The van der Waals surface area contributed by atoms with Crippen molar-refractivity contribution in [1.82, 2.24) is 9.62 Å². The van der Waals surface area contributed by atoms with E-state index < -0.39 is 10.0 Å². The summed E-state index contributed by atoms with van der Waals surface area (Å²) in [5.41, 5.74) is 0.436. The second kappa shape index (κ2) is 6.24. The van der Waals surface area contributed by atoms with Gasteiger partial charge in [-0.2, -0.15) is 4.31 Å². The van der Waals surface area contributed by atoms with Crippen LogP contribution in [0.1, 0.15) is 44.6 Å². The molecule has 0 bridgehead atoms. The molecule has 2 fully saturated rings. The van der Waals surface area contributed by atoms with Gasteiger partial charge in [-0.15, -0.1) is 0 Å². The molecule has 23 heavy (non-hydrogen) atoms. The van der Waals surface area contributed by atoms with E-state index in [1.807, 2.05) is 37.3 Å². The number of carbonyl (C=O) groups excluding carboxylic acids is 1. The van der Waals surface area contributed by atoms with E-state index in [9.17, 15) is 13.2 Å². The van der Waals surface area contributed by atoms with Crippen LogP contribution in [0.5, 0.6) is 0 Å². The Bertz CT molecular complexity index is 674. The Balaban J connectivity index is 1.86. The van der Waals surface area contributed by atoms with E-state index in [4.69, 9.17) is 0 Å². The molecule has 1 aromatic carbocycles. The van der Waals surface area contributed by atoms with Gasteiger partial charge in [-0.05, 0) is 31.2 Å². The molecule has 0 aliphatic carbocycles. The number of hydrogen-bond donors (Lipinski definition) is 1. The van der Waals surface area contributed by atoms with Crippen molar-refractivity contribution in [2.24, 2.45) is 0 Å². The summed E-state index contributed by atoms with van der Waals surface area (Å²) in [7, 11) is -3.40. The molecule has 2 aliphatic rings. The lowest BCUT2D eigenvalue weighted by atomic mass is 9.80. The standard InChI is InChI=1S/C17H24N2O3S/c1-2-15-17(11-9-16(20)18-17)10-6-12-19(15)23(21,22)13-14-7-4-3-5-8-14/h3-5,7-8,15H,2,6,9-13H2,1H3,(H,18,20)/t15-,17+/m0/s1. The van der Waals surface area contributed by atoms with Gasteiger partial charge in [0.05, 0.1) is 11.3 Å². The molecule has 0 unspecified atom stereocenters. The normalized spacial score (nSPS) is 28.9. The lowest BCUT2D eigenvalue weighted by Crippen LogP contribution is -2.63. The monoisotopic (exact) mass is 336 g/mol. The van der Waals surface area contributed by atoms with Gasteiger partial charge in [0.25, 0.3) is 0 Å². The van der Waals surface area contributed by atoms with Crippen LogP contribution in [0.3, 0.4) is 0 Å². The number of hydrogen-bond acceptors (Lipinski definition) is 3. The zero-order valence-electron chi connectivity index (χ0n) is 13.5. The number of amides is 1. The third-order valence-corrected chi connectivity index (χ3v) is 6.96. The zero-order chi connectivity index (χ0) is 16.5. The van der Waals surface area contributed by atoms with Gasteiger partial charge in [-0.25, -0.2) is 8.42 Å². The van der Waals surface area contributed by atoms with E-state index in [0.29, 0.717) is 19.4 Å². The van der Waals surface area contributed by atoms with Crippen LogP contribution in [-0.4, -0.2) is 36.8 Å². The maximum absolute atomic E-state index is 13.0.